The Kier molecular flexibility index (Phi) is 6.59. The molecule has 0 saturated carbocycles. The lowest BCUT2D eigenvalue weighted by Crippen LogP contribution is -2.34. The van der Waals surface area contributed by atoms with Crippen LogP contribution in [0.25, 0.3) is 6.08 Å². The number of hydrogen-bond donors (Lipinski definition) is 1. The fourth-order valence-electron chi connectivity index (χ4n) is 1.60. The van der Waals surface area contributed by atoms with Gasteiger partial charge in [0.25, 0.3) is 5.91 Å². The lowest BCUT2D eigenvalue weighted by molar-refractivity contribution is -0.119. The Labute approximate surface area is 120 Å². The van der Waals surface area contributed by atoms with Gasteiger partial charge in [0.2, 0.25) is 0 Å². The molecule has 5 nitrogen and oxygen atoms in total. The minimum absolute atomic E-state index is 0.179. The van der Waals surface area contributed by atoms with Crippen LogP contribution in [-0.2, 0) is 4.79 Å². The predicted molar refractivity (Wildman–Crippen MR) is 79.6 cm³/mol. The zero-order valence-electron chi connectivity index (χ0n) is 12.5. The number of carbonyl (C=O) groups excluding carboxylic acids is 1. The quantitative estimate of drug-likeness (QED) is 0.613. The lowest BCUT2D eigenvalue weighted by Gasteiger charge is -2.11. The normalized spacial score (nSPS) is 10.8. The smallest absolute Gasteiger partial charge is 0.258 e. The van der Waals surface area contributed by atoms with Gasteiger partial charge in [-0.3, -0.25) is 10.2 Å². The highest BCUT2D eigenvalue weighted by Crippen LogP contribution is 2.28. The third-order valence-electron chi connectivity index (χ3n) is 2.33. The molecule has 0 aromatic heterocycles. The molecule has 110 valence electrons. The van der Waals surface area contributed by atoms with Crippen molar-refractivity contribution in [2.75, 3.05) is 27.3 Å². The van der Waals surface area contributed by atoms with Crippen LogP contribution < -0.4 is 14.9 Å². The Bertz CT molecular complexity index is 470. The molecule has 0 unspecified atom stereocenters. The summed E-state index contributed by atoms with van der Waals surface area (Å²) in [6.07, 6.45) is 3.21. The molecule has 1 N–H and O–H groups in total. The Morgan fingerprint density at radius 1 is 1.20 bits per heavy atom. The molecule has 5 heteroatoms. The summed E-state index contributed by atoms with van der Waals surface area (Å²) in [6.45, 7) is 4.99. The maximum atomic E-state index is 11.5. The van der Waals surface area contributed by atoms with Crippen LogP contribution in [0.1, 0.15) is 19.4 Å². The largest absolute Gasteiger partial charge is 0.490 e. The van der Waals surface area contributed by atoms with Crippen LogP contribution in [0.2, 0.25) is 0 Å². The first kappa shape index (κ1) is 16.0. The number of ether oxygens (including phenoxy) is 2. The number of nitrogens with zero attached hydrogens (tertiary/aromatic N) is 1. The van der Waals surface area contributed by atoms with Crippen LogP contribution in [0.5, 0.6) is 11.5 Å². The van der Waals surface area contributed by atoms with Crippen LogP contribution in [0.15, 0.2) is 24.3 Å². The second kappa shape index (κ2) is 8.22. The lowest BCUT2D eigenvalue weighted by atomic mass is 10.2. The van der Waals surface area contributed by atoms with Gasteiger partial charge in [0.05, 0.1) is 13.2 Å². The highest BCUT2D eigenvalue weighted by Gasteiger charge is 2.05. The number of nitrogens with one attached hydrogen (secondary N) is 1. The van der Waals surface area contributed by atoms with E-state index in [1.54, 1.807) is 25.2 Å². The van der Waals surface area contributed by atoms with Crippen LogP contribution in [0, 0.1) is 0 Å². The molecule has 0 saturated heterocycles. The van der Waals surface area contributed by atoms with E-state index in [1.807, 2.05) is 32.0 Å². The molecule has 0 spiro atoms. The first-order valence-electron chi connectivity index (χ1n) is 6.62. The van der Waals surface area contributed by atoms with Crippen LogP contribution >= 0.6 is 0 Å². The summed E-state index contributed by atoms with van der Waals surface area (Å²) in [6, 6.07) is 5.58. The first-order valence-corrected chi connectivity index (χ1v) is 6.62. The minimum atomic E-state index is -0.179. The van der Waals surface area contributed by atoms with E-state index in [4.69, 9.17) is 9.47 Å². The Hall–Kier alpha value is -2.01. The molecule has 0 atom stereocenters. The molecule has 0 aliphatic heterocycles. The van der Waals surface area contributed by atoms with Crippen molar-refractivity contribution in [1.82, 2.24) is 10.4 Å². The predicted octanol–water partition coefficient (Wildman–Crippen LogP) is 2.09. The average molecular weight is 278 g/mol. The Morgan fingerprint density at radius 3 is 2.45 bits per heavy atom. The van der Waals surface area contributed by atoms with Crippen LogP contribution in [0.3, 0.4) is 0 Å². The molecular formula is C15H22N2O3. The van der Waals surface area contributed by atoms with Crippen molar-refractivity contribution in [3.8, 4) is 11.5 Å². The number of benzene rings is 1. The van der Waals surface area contributed by atoms with Crippen LogP contribution in [0.4, 0.5) is 0 Å². The highest BCUT2D eigenvalue weighted by atomic mass is 16.5. The fraction of sp³-hybridized carbons (Fsp3) is 0.400. The third-order valence-corrected chi connectivity index (χ3v) is 2.33. The van der Waals surface area contributed by atoms with Crippen molar-refractivity contribution in [3.05, 3.63) is 29.8 Å². The fourth-order valence-corrected chi connectivity index (χ4v) is 1.60. The molecular weight excluding hydrogens is 256 g/mol. The molecule has 20 heavy (non-hydrogen) atoms. The third kappa shape index (κ3) is 5.32. The van der Waals surface area contributed by atoms with Gasteiger partial charge in [-0.1, -0.05) is 6.07 Å². The Morgan fingerprint density at radius 2 is 1.85 bits per heavy atom. The Balaban J connectivity index is 2.83. The maximum absolute atomic E-state index is 11.5. The average Bonchev–Trinajstić information content (AvgIpc) is 2.39. The molecule has 0 radical (unpaired) electrons. The van der Waals surface area contributed by atoms with Gasteiger partial charge in [-0.2, -0.15) is 0 Å². The summed E-state index contributed by atoms with van der Waals surface area (Å²) in [5.41, 5.74) is 3.52. The molecule has 1 aromatic rings. The van der Waals surface area contributed by atoms with Gasteiger partial charge < -0.3 is 9.47 Å². The minimum Gasteiger partial charge on any atom is -0.490 e. The van der Waals surface area contributed by atoms with E-state index in [0.717, 1.165) is 5.56 Å². The van der Waals surface area contributed by atoms with Crippen molar-refractivity contribution >= 4 is 12.0 Å². The van der Waals surface area contributed by atoms with E-state index in [2.05, 4.69) is 5.43 Å². The second-order valence-electron chi connectivity index (χ2n) is 4.28. The highest BCUT2D eigenvalue weighted by molar-refractivity contribution is 5.91. The molecule has 0 heterocycles. The van der Waals surface area contributed by atoms with Gasteiger partial charge in [-0.05, 0) is 37.6 Å². The summed E-state index contributed by atoms with van der Waals surface area (Å²) in [5.74, 6) is 1.22. The standard InChI is InChI=1S/C15H22N2O3/c1-5-19-13-9-7-12(11-14(13)20-6-2)8-10-15(18)16-17(3)4/h7-11H,5-6H2,1-4H3,(H,16,18)/b10-8+. The van der Waals surface area contributed by atoms with Gasteiger partial charge in [0.1, 0.15) is 0 Å². The summed E-state index contributed by atoms with van der Waals surface area (Å²) in [7, 11) is 3.52. The van der Waals surface area contributed by atoms with E-state index in [9.17, 15) is 4.79 Å². The first-order chi connectivity index (χ1) is 9.56. The molecule has 0 aliphatic carbocycles. The summed E-state index contributed by atoms with van der Waals surface area (Å²) in [4.78, 5) is 11.5. The maximum Gasteiger partial charge on any atom is 0.258 e. The molecule has 1 aromatic carbocycles. The van der Waals surface area contributed by atoms with Crippen molar-refractivity contribution in [2.24, 2.45) is 0 Å². The monoisotopic (exact) mass is 278 g/mol. The van der Waals surface area contributed by atoms with E-state index in [1.165, 1.54) is 6.08 Å². The number of amides is 1. The van der Waals surface area contributed by atoms with Gasteiger partial charge in [-0.15, -0.1) is 0 Å². The summed E-state index contributed by atoms with van der Waals surface area (Å²) < 4.78 is 11.0. The summed E-state index contributed by atoms with van der Waals surface area (Å²) >= 11 is 0. The number of hydrogen-bond acceptors (Lipinski definition) is 4. The van der Waals surface area contributed by atoms with Crippen molar-refractivity contribution in [1.29, 1.82) is 0 Å². The van der Waals surface area contributed by atoms with Crippen molar-refractivity contribution < 1.29 is 14.3 Å². The van der Waals surface area contributed by atoms with E-state index in [-0.39, 0.29) is 5.91 Å². The molecule has 1 amide bonds. The topological polar surface area (TPSA) is 50.8 Å². The molecule has 0 fully saturated rings. The van der Waals surface area contributed by atoms with Gasteiger partial charge in [-0.25, -0.2) is 5.01 Å². The zero-order chi connectivity index (χ0) is 15.0. The van der Waals surface area contributed by atoms with Gasteiger partial charge in [0, 0.05) is 20.2 Å². The molecule has 0 aliphatic rings. The molecule has 0 bridgehead atoms. The van der Waals surface area contributed by atoms with Gasteiger partial charge in [0.15, 0.2) is 11.5 Å². The van der Waals surface area contributed by atoms with E-state index < -0.39 is 0 Å². The summed E-state index contributed by atoms with van der Waals surface area (Å²) in [5, 5.41) is 1.59. The van der Waals surface area contributed by atoms with E-state index >= 15 is 0 Å². The van der Waals surface area contributed by atoms with Crippen molar-refractivity contribution in [2.45, 2.75) is 13.8 Å². The number of carbonyl (C=O) groups is 1. The SMILES string of the molecule is CCOc1ccc(/C=C/C(=O)NN(C)C)cc1OCC. The number of rotatable bonds is 7. The zero-order valence-corrected chi connectivity index (χ0v) is 12.5. The molecule has 1 rings (SSSR count). The van der Waals surface area contributed by atoms with Crippen molar-refractivity contribution in [3.63, 3.8) is 0 Å². The van der Waals surface area contributed by atoms with Gasteiger partial charge >= 0.3 is 0 Å². The van der Waals surface area contributed by atoms with Crippen LogP contribution in [-0.4, -0.2) is 38.2 Å². The number of hydrazine groups is 1. The van der Waals surface area contributed by atoms with E-state index in [0.29, 0.717) is 24.7 Å². The second-order valence-corrected chi connectivity index (χ2v) is 4.28.